The van der Waals surface area contributed by atoms with E-state index in [1.165, 1.54) is 58.8 Å². The number of unbranched alkanes of at least 4 members (excludes halogenated alkanes) is 12. The number of phosphoric ester groups is 3. The van der Waals surface area contributed by atoms with Crippen molar-refractivity contribution in [1.29, 1.82) is 0 Å². The van der Waals surface area contributed by atoms with Crippen molar-refractivity contribution in [2.75, 3.05) is 37.8 Å². The zero-order chi connectivity index (χ0) is 57.0. The van der Waals surface area contributed by atoms with Crippen LogP contribution in [0.15, 0.2) is 12.7 Å². The van der Waals surface area contributed by atoms with E-state index < -0.39 is 103 Å². The van der Waals surface area contributed by atoms with Crippen molar-refractivity contribution in [1.82, 2.24) is 30.2 Å². The third-order valence-corrected chi connectivity index (χ3v) is 16.8. The van der Waals surface area contributed by atoms with E-state index >= 15 is 0 Å². The number of rotatable bonds is 37. The molecule has 2 saturated heterocycles. The monoisotopic (exact) mass is 1180 g/mol. The number of aliphatic hydroxyl groups is 4. The van der Waals surface area contributed by atoms with Gasteiger partial charge in [0.25, 0.3) is 0 Å². The molecule has 442 valence electrons. The number of nitrogen functional groups attached to an aromatic ring is 1. The number of aromatic nitrogens is 4. The smallest absolute Gasteiger partial charge is 0.390 e. The van der Waals surface area contributed by atoms with E-state index in [0.717, 1.165) is 73.9 Å². The van der Waals surface area contributed by atoms with Gasteiger partial charge in [0.05, 0.1) is 37.9 Å². The molecule has 2 amide bonds. The molecule has 0 saturated carbocycles. The predicted octanol–water partition coefficient (Wildman–Crippen LogP) is 3.78. The topological polar surface area (TPSA) is 423 Å². The van der Waals surface area contributed by atoms with E-state index in [1.807, 2.05) is 6.92 Å². The van der Waals surface area contributed by atoms with Gasteiger partial charge in [-0.3, -0.25) is 32.5 Å². The largest absolute Gasteiger partial charge is 0.481 e. The zero-order valence-electron chi connectivity index (χ0n) is 44.0. The number of amides is 2. The summed E-state index contributed by atoms with van der Waals surface area (Å²) in [5, 5.41) is 46.6. The maximum Gasteiger partial charge on any atom is 0.481 e. The number of nitrogens with zero attached hydrogens (tertiary/aromatic N) is 4. The minimum Gasteiger partial charge on any atom is -0.390 e. The lowest BCUT2D eigenvalue weighted by atomic mass is 9.87. The van der Waals surface area contributed by atoms with Gasteiger partial charge in [-0.25, -0.2) is 28.6 Å². The predicted molar refractivity (Wildman–Crippen MR) is 278 cm³/mol. The number of carbonyl (C=O) groups excluding carboxylic acids is 3. The average Bonchev–Trinajstić information content (AvgIpc) is 3.91. The highest BCUT2D eigenvalue weighted by atomic mass is 32.2. The second kappa shape index (κ2) is 32.1. The maximum absolute atomic E-state index is 12.8. The molecule has 12 N–H and O–H groups in total. The molecule has 2 fully saturated rings. The SMILES string of the molecule is C[C@H](CCCCCCCCCCCCCCCC(=O)SCCNC(=O)CCNC(=O)[C@H](O)C(C)(C)COP(=O)(O)OP(=O)(O)OC[C@H]1O[C@@H](n2cnc3c(N)ncnc32)[C@H](O)[C@@H]1OP(=O)(O)O)O[C@@H]1O[C@@H](C)[C@H](O)C[C@H]1O. The van der Waals surface area contributed by atoms with Crippen LogP contribution < -0.4 is 16.4 Å². The van der Waals surface area contributed by atoms with Crippen molar-refractivity contribution in [3.05, 3.63) is 12.7 Å². The normalized spacial score (nSPS) is 24.5. The van der Waals surface area contributed by atoms with Crippen LogP contribution in [0.3, 0.4) is 0 Å². The number of thioether (sulfide) groups is 1. The number of hydrogen-bond acceptors (Lipinski definition) is 22. The number of carbonyl (C=O) groups is 3. The fourth-order valence-electron chi connectivity index (χ4n) is 8.38. The fraction of sp³-hybridized carbons (Fsp3) is 0.822. The van der Waals surface area contributed by atoms with Gasteiger partial charge < -0.3 is 70.6 Å². The molecule has 77 heavy (non-hydrogen) atoms. The third kappa shape index (κ3) is 23.8. The van der Waals surface area contributed by atoms with Crippen molar-refractivity contribution < 1.29 is 100 Å². The van der Waals surface area contributed by atoms with Crippen molar-refractivity contribution in [2.24, 2.45) is 5.41 Å². The van der Waals surface area contributed by atoms with Gasteiger partial charge in [0.15, 0.2) is 29.1 Å². The Kier molecular flexibility index (Phi) is 27.9. The summed E-state index contributed by atoms with van der Waals surface area (Å²) in [4.78, 5) is 88.7. The number of aliphatic hydroxyl groups excluding tert-OH is 4. The Balaban J connectivity index is 0.990. The molecule has 0 bridgehead atoms. The number of fused-ring (bicyclic) bond motifs is 1. The molecule has 2 aliphatic heterocycles. The first-order chi connectivity index (χ1) is 36.2. The second-order valence-electron chi connectivity index (χ2n) is 20.0. The zero-order valence-corrected chi connectivity index (χ0v) is 47.5. The van der Waals surface area contributed by atoms with E-state index in [-0.39, 0.29) is 60.2 Å². The van der Waals surface area contributed by atoms with Crippen LogP contribution in [0.1, 0.15) is 143 Å². The Morgan fingerprint density at radius 3 is 2.09 bits per heavy atom. The average molecular weight is 1180 g/mol. The Bertz CT molecular complexity index is 2300. The molecule has 12 atom stereocenters. The summed E-state index contributed by atoms with van der Waals surface area (Å²) in [5.41, 5.74) is 4.27. The number of anilines is 1. The van der Waals surface area contributed by atoms with Gasteiger partial charge in [0.2, 0.25) is 11.8 Å². The van der Waals surface area contributed by atoms with Crippen LogP contribution in [0, 0.1) is 5.41 Å². The highest BCUT2D eigenvalue weighted by Crippen LogP contribution is 2.61. The third-order valence-electron chi connectivity index (χ3n) is 12.8. The minimum absolute atomic E-state index is 0.0142. The van der Waals surface area contributed by atoms with Crippen LogP contribution in [-0.2, 0) is 60.2 Å². The van der Waals surface area contributed by atoms with Crippen LogP contribution in [-0.4, -0.2) is 164 Å². The summed E-state index contributed by atoms with van der Waals surface area (Å²) in [6, 6.07) is 0. The molecule has 0 aliphatic carbocycles. The first-order valence-electron chi connectivity index (χ1n) is 25.9. The van der Waals surface area contributed by atoms with Crippen molar-refractivity contribution in [3.63, 3.8) is 0 Å². The molecule has 4 rings (SSSR count). The lowest BCUT2D eigenvalue weighted by Crippen LogP contribution is -2.48. The highest BCUT2D eigenvalue weighted by Gasteiger charge is 2.50. The summed E-state index contributed by atoms with van der Waals surface area (Å²) >= 11 is 1.14. The summed E-state index contributed by atoms with van der Waals surface area (Å²) in [5.74, 6) is -1.07. The standard InChI is InChI=1S/C45H80N7O21P3S/c1-29(69-44-32(54)24-31(53)30(2)70-44)18-16-14-12-10-8-6-5-7-9-11-13-15-17-19-35(56)77-23-22-47-34(55)20-21-48-42(59)39(58)45(3,4)26-68-76(65,66)73-75(63,64)67-25-33-38(72-74(60,61)62)37(57)43(71-33)52-28-51-36-40(46)49-27-50-41(36)52/h27-33,37-39,43-44,53-54,57-58H,5-26H2,1-4H3,(H,47,55)(H,48,59)(H,63,64)(H,65,66)(H2,46,49,50)(H2,60,61,62)/t29-,30+,31-,32-,33-,37-,38-,39+,43-,44-/m1/s1. The van der Waals surface area contributed by atoms with Gasteiger partial charge in [0.1, 0.15) is 42.4 Å². The number of hydrogen-bond donors (Lipinski definition) is 11. The second-order valence-corrected chi connectivity index (χ2v) is 25.3. The van der Waals surface area contributed by atoms with Crippen LogP contribution in [0.25, 0.3) is 11.2 Å². The maximum atomic E-state index is 12.8. The molecule has 2 aromatic heterocycles. The summed E-state index contributed by atoms with van der Waals surface area (Å²) < 4.78 is 74.0. The first-order valence-corrected chi connectivity index (χ1v) is 31.4. The summed E-state index contributed by atoms with van der Waals surface area (Å²) in [6.07, 6.45) is 6.86. The van der Waals surface area contributed by atoms with Crippen LogP contribution in [0.5, 0.6) is 0 Å². The Hall–Kier alpha value is -2.60. The van der Waals surface area contributed by atoms with Gasteiger partial charge in [-0.1, -0.05) is 103 Å². The van der Waals surface area contributed by atoms with E-state index in [2.05, 4.69) is 34.4 Å². The number of imidazole rings is 1. The van der Waals surface area contributed by atoms with Gasteiger partial charge >= 0.3 is 23.5 Å². The number of ether oxygens (including phenoxy) is 3. The molecule has 4 heterocycles. The fourth-order valence-corrected chi connectivity index (χ4v) is 11.9. The van der Waals surface area contributed by atoms with Crippen LogP contribution in [0.4, 0.5) is 5.82 Å². The Morgan fingerprint density at radius 2 is 1.45 bits per heavy atom. The van der Waals surface area contributed by atoms with Crippen LogP contribution in [0.2, 0.25) is 0 Å². The Morgan fingerprint density at radius 1 is 0.844 bits per heavy atom. The van der Waals surface area contributed by atoms with Crippen molar-refractivity contribution >= 4 is 69.1 Å². The van der Waals surface area contributed by atoms with E-state index in [9.17, 15) is 68.1 Å². The summed E-state index contributed by atoms with van der Waals surface area (Å²) in [6.45, 7) is 4.29. The van der Waals surface area contributed by atoms with E-state index in [0.29, 0.717) is 12.2 Å². The molecular weight excluding hydrogens is 1100 g/mol. The lowest BCUT2D eigenvalue weighted by Gasteiger charge is -2.36. The molecule has 2 aromatic rings. The van der Waals surface area contributed by atoms with Crippen LogP contribution >= 0.6 is 35.2 Å². The Labute approximate surface area is 452 Å². The molecule has 2 aliphatic rings. The van der Waals surface area contributed by atoms with Gasteiger partial charge in [-0.15, -0.1) is 0 Å². The molecule has 0 spiro atoms. The number of nitrogens with two attached hydrogens (primary N) is 1. The molecule has 2 unspecified atom stereocenters. The van der Waals surface area contributed by atoms with Gasteiger partial charge in [0, 0.05) is 43.5 Å². The van der Waals surface area contributed by atoms with Crippen molar-refractivity contribution in [2.45, 2.75) is 198 Å². The minimum atomic E-state index is -5.59. The van der Waals surface area contributed by atoms with Gasteiger partial charge in [-0.05, 0) is 26.7 Å². The molecule has 0 aromatic carbocycles. The summed E-state index contributed by atoms with van der Waals surface area (Å²) in [7, 11) is -16.4. The number of nitrogens with one attached hydrogen (secondary N) is 2. The quantitative estimate of drug-likeness (QED) is 0.0339. The molecular formula is C45H80N7O21P3S. The lowest BCUT2D eigenvalue weighted by molar-refractivity contribution is -0.273. The molecule has 28 nitrogen and oxygen atoms in total. The first kappa shape index (κ1) is 66.9. The molecule has 0 radical (unpaired) electrons. The van der Waals surface area contributed by atoms with Crippen molar-refractivity contribution in [3.8, 4) is 0 Å². The van der Waals surface area contributed by atoms with Gasteiger partial charge in [-0.2, -0.15) is 4.31 Å². The molecule has 32 heteroatoms. The van der Waals surface area contributed by atoms with E-state index in [4.69, 9.17) is 29.0 Å². The number of phosphoric acid groups is 3. The van der Waals surface area contributed by atoms with E-state index in [1.54, 1.807) is 6.92 Å². The highest BCUT2D eigenvalue weighted by molar-refractivity contribution is 8.13.